The van der Waals surface area contributed by atoms with Crippen molar-refractivity contribution in [2.24, 2.45) is 5.92 Å². The first-order chi connectivity index (χ1) is 37.8. The van der Waals surface area contributed by atoms with Gasteiger partial charge in [0.05, 0.1) is 17.1 Å². The van der Waals surface area contributed by atoms with Gasteiger partial charge in [0.15, 0.2) is 0 Å². The van der Waals surface area contributed by atoms with Gasteiger partial charge < -0.3 is 14.7 Å². The lowest BCUT2D eigenvalue weighted by Gasteiger charge is -2.49. The molecule has 420 valence electrons. The van der Waals surface area contributed by atoms with Gasteiger partial charge in [0, 0.05) is 49.2 Å². The van der Waals surface area contributed by atoms with Gasteiger partial charge in [-0.25, -0.2) is 0 Å². The first kappa shape index (κ1) is 53.7. The predicted molar refractivity (Wildman–Crippen MR) is 351 cm³/mol. The predicted octanol–water partition coefficient (Wildman–Crippen LogP) is 19.5. The maximum atomic E-state index is 2.87. The van der Waals surface area contributed by atoms with Crippen LogP contribution in [0.25, 0.3) is 0 Å². The van der Waals surface area contributed by atoms with Crippen LogP contribution in [-0.2, 0) is 48.7 Å². The topological polar surface area (TPSA) is 9.72 Å². The monoisotopic (exact) mass is 1090 g/mol. The van der Waals surface area contributed by atoms with Crippen molar-refractivity contribution in [1.82, 2.24) is 0 Å². The zero-order chi connectivity index (χ0) is 57.5. The van der Waals surface area contributed by atoms with Crippen LogP contribution >= 0.6 is 11.3 Å². The van der Waals surface area contributed by atoms with E-state index in [-0.39, 0.29) is 55.4 Å². The molecule has 14 rings (SSSR count). The summed E-state index contributed by atoms with van der Waals surface area (Å²) >= 11 is 2.18. The highest BCUT2D eigenvalue weighted by Crippen LogP contribution is 2.61. The van der Waals surface area contributed by atoms with Crippen LogP contribution in [0.4, 0.5) is 45.5 Å². The number of rotatable bonds is 3. The van der Waals surface area contributed by atoms with Crippen LogP contribution in [0, 0.1) is 5.92 Å². The Labute approximate surface area is 492 Å². The summed E-state index contributed by atoms with van der Waals surface area (Å²) in [6.07, 6.45) is 15.7. The summed E-state index contributed by atoms with van der Waals surface area (Å²) in [5.74, 6) is 0.419. The second kappa shape index (κ2) is 16.8. The second-order valence-corrected chi connectivity index (χ2v) is 33.9. The highest BCUT2D eigenvalue weighted by atomic mass is 32.1. The van der Waals surface area contributed by atoms with E-state index in [2.05, 4.69) is 255 Å². The van der Waals surface area contributed by atoms with Crippen LogP contribution in [0.2, 0.25) is 0 Å². The molecule has 6 aromatic rings. The second-order valence-electron chi connectivity index (χ2n) is 32.9. The van der Waals surface area contributed by atoms with E-state index in [0.717, 1.165) is 12.8 Å². The van der Waals surface area contributed by atoms with E-state index in [9.17, 15) is 0 Å². The highest BCUT2D eigenvalue weighted by molar-refractivity contribution is 7.29. The number of anilines is 8. The van der Waals surface area contributed by atoms with Gasteiger partial charge in [0.1, 0.15) is 0 Å². The number of hydrogen-bond acceptors (Lipinski definition) is 4. The Morgan fingerprint density at radius 2 is 0.914 bits per heavy atom. The Morgan fingerprint density at radius 1 is 0.432 bits per heavy atom. The Morgan fingerprint density at radius 3 is 1.49 bits per heavy atom. The first-order valence-corrected chi connectivity index (χ1v) is 32.3. The van der Waals surface area contributed by atoms with Gasteiger partial charge in [0.25, 0.3) is 6.71 Å². The molecule has 0 radical (unpaired) electrons. The summed E-state index contributed by atoms with van der Waals surface area (Å²) in [5.41, 5.74) is 28.6. The van der Waals surface area contributed by atoms with Crippen LogP contribution in [0.1, 0.15) is 239 Å². The van der Waals surface area contributed by atoms with E-state index in [1.165, 1.54) is 151 Å². The Bertz CT molecular complexity index is 3780. The number of para-hydroxylation sites is 1. The van der Waals surface area contributed by atoms with Gasteiger partial charge in [-0.15, -0.1) is 0 Å². The van der Waals surface area contributed by atoms with Crippen molar-refractivity contribution in [1.29, 1.82) is 0 Å². The third kappa shape index (κ3) is 7.56. The number of fused-ring (bicyclic) bond motifs is 11. The molecule has 0 bridgehead atoms. The van der Waals surface area contributed by atoms with Crippen LogP contribution in [0.3, 0.4) is 0 Å². The highest BCUT2D eigenvalue weighted by Gasteiger charge is 2.54. The molecule has 0 spiro atoms. The minimum atomic E-state index is -0.153. The van der Waals surface area contributed by atoms with E-state index < -0.39 is 0 Å². The van der Waals surface area contributed by atoms with E-state index in [0.29, 0.717) is 5.92 Å². The Hall–Kier alpha value is -5.26. The molecule has 0 saturated carbocycles. The maximum Gasteiger partial charge on any atom is 0.264 e. The number of allylic oxidation sites excluding steroid dienone is 3. The molecule has 1 aromatic heterocycles. The molecule has 4 heterocycles. The lowest BCUT2D eigenvalue weighted by atomic mass is 9.35. The molecule has 81 heavy (non-hydrogen) atoms. The van der Waals surface area contributed by atoms with Crippen LogP contribution in [-0.4, -0.2) is 6.71 Å². The number of benzene rings is 5. The summed E-state index contributed by atoms with van der Waals surface area (Å²) in [5, 5.41) is 0. The largest absolute Gasteiger partial charge is 0.311 e. The lowest BCUT2D eigenvalue weighted by molar-refractivity contribution is 0.332. The fraction of sp³-hybridized carbons (Fsp3) is 0.500. The molecule has 0 amide bonds. The van der Waals surface area contributed by atoms with Crippen molar-refractivity contribution in [3.8, 4) is 0 Å². The quantitative estimate of drug-likeness (QED) is 0.163. The summed E-state index contributed by atoms with van der Waals surface area (Å²) in [6, 6.07) is 35.8. The Balaban J connectivity index is 1.17. The fourth-order valence-corrected chi connectivity index (χ4v) is 19.0. The van der Waals surface area contributed by atoms with E-state index in [1.807, 2.05) is 0 Å². The zero-order valence-electron chi connectivity index (χ0n) is 53.0. The molecule has 5 heteroatoms. The normalized spacial score (nSPS) is 24.4. The third-order valence-corrected chi connectivity index (χ3v) is 24.7. The molecule has 3 nitrogen and oxygen atoms in total. The van der Waals surface area contributed by atoms with E-state index in [4.69, 9.17) is 0 Å². The fourth-order valence-electron chi connectivity index (χ4n) is 17.3. The van der Waals surface area contributed by atoms with Gasteiger partial charge in [-0.05, 0) is 217 Å². The molecule has 5 aliphatic carbocycles. The molecule has 0 N–H and O–H groups in total. The Kier molecular flexibility index (Phi) is 11.1. The number of thiophene rings is 1. The summed E-state index contributed by atoms with van der Waals surface area (Å²) in [4.78, 5) is 9.98. The molecule has 8 aliphatic rings. The van der Waals surface area contributed by atoms with E-state index >= 15 is 0 Å². The lowest BCUT2D eigenvalue weighted by Crippen LogP contribution is -2.61. The third-order valence-electron chi connectivity index (χ3n) is 23.1. The first-order valence-electron chi connectivity index (χ1n) is 31.5. The van der Waals surface area contributed by atoms with Crippen molar-refractivity contribution in [3.63, 3.8) is 0 Å². The molecule has 0 saturated heterocycles. The van der Waals surface area contributed by atoms with Crippen LogP contribution < -0.4 is 30.4 Å². The maximum absolute atomic E-state index is 2.87. The van der Waals surface area contributed by atoms with E-state index in [1.54, 1.807) is 16.0 Å². The van der Waals surface area contributed by atoms with Crippen molar-refractivity contribution in [2.45, 2.75) is 238 Å². The average molecular weight is 1090 g/mol. The molecule has 0 fully saturated rings. The molecular weight excluding hydrogens is 998 g/mol. The van der Waals surface area contributed by atoms with Gasteiger partial charge in [-0.1, -0.05) is 180 Å². The van der Waals surface area contributed by atoms with Crippen molar-refractivity contribution >= 4 is 79.3 Å². The SMILES string of the molecule is CC1C=C2C(=CC1)C(C)(C)c1ccccc1N2c1cc2c3c(c1)N(c1ccc4c(c1)C(C)(C)CCC4(C)C)c1c(sc4c1C(C)(C)CCC4(C)C)B3c1cc3c(cc1N2c1ccc2c(c1)C(C)(C)CCC2(C)C)C(C)(C)CCC3(C)C. The minimum Gasteiger partial charge on any atom is -0.311 e. The zero-order valence-corrected chi connectivity index (χ0v) is 53.8. The number of hydrogen-bond donors (Lipinski definition) is 0. The summed E-state index contributed by atoms with van der Waals surface area (Å²) in [7, 11) is 0. The van der Waals surface area contributed by atoms with Crippen molar-refractivity contribution in [3.05, 3.63) is 158 Å². The van der Waals surface area contributed by atoms with Gasteiger partial charge in [0.2, 0.25) is 0 Å². The van der Waals surface area contributed by atoms with Crippen molar-refractivity contribution in [2.75, 3.05) is 14.7 Å². The minimum absolute atomic E-state index is 0.0251. The molecule has 1 atom stereocenters. The summed E-state index contributed by atoms with van der Waals surface area (Å²) < 4.78 is 1.53. The van der Waals surface area contributed by atoms with Crippen LogP contribution in [0.5, 0.6) is 0 Å². The smallest absolute Gasteiger partial charge is 0.264 e. The molecule has 3 aliphatic heterocycles. The molecule has 5 aromatic carbocycles. The molecular formula is C76H92BN3S. The summed E-state index contributed by atoms with van der Waals surface area (Å²) in [6.45, 7) is 47.8. The number of nitrogens with zero attached hydrogens (tertiary/aromatic N) is 3. The molecule has 1 unspecified atom stereocenters. The average Bonchev–Trinajstić information content (AvgIpc) is 1.99. The van der Waals surface area contributed by atoms with Crippen molar-refractivity contribution < 1.29 is 0 Å². The standard InChI is InChI=1S/C76H92BN3S/c1-45-24-27-52-59(38-45)79(58-23-21-20-22-51(58)76(52,18)19)48-41-61-64-62(42-48)80(47-26-29-50-54(40-47)71(8,9)33-31-69(50,4)5)65-63-66(75(16,17)37-36-74(63,14)15)81-67(65)77(64)57-43-55-56(73(12,13)35-34-72(55,10)11)44-60(57)78(61)46-25-28-49-53(39-46)70(6,7)32-30-68(49,2)3/h20-23,25-29,38-45H,24,30-37H2,1-19H3. The van der Waals surface area contributed by atoms with Gasteiger partial charge in [-0.2, -0.15) is 11.3 Å². The van der Waals surface area contributed by atoms with Gasteiger partial charge >= 0.3 is 0 Å². The van der Waals surface area contributed by atoms with Gasteiger partial charge in [-0.3, -0.25) is 0 Å². The van der Waals surface area contributed by atoms with Crippen LogP contribution in [0.15, 0.2) is 108 Å².